The number of benzene rings is 1. The van der Waals surface area contributed by atoms with Crippen molar-refractivity contribution in [2.24, 2.45) is 0 Å². The molecular formula is C33H32F3N7O2. The molecule has 3 saturated heterocycles. The summed E-state index contributed by atoms with van der Waals surface area (Å²) in [6, 6.07) is 4.28. The van der Waals surface area contributed by atoms with Crippen molar-refractivity contribution in [2.45, 2.75) is 62.7 Å². The van der Waals surface area contributed by atoms with Crippen molar-refractivity contribution in [1.82, 2.24) is 24.8 Å². The molecule has 0 saturated carbocycles. The quantitative estimate of drug-likeness (QED) is 0.311. The second-order valence-corrected chi connectivity index (χ2v) is 12.6. The maximum absolute atomic E-state index is 16.9. The minimum absolute atomic E-state index is 0.00585. The van der Waals surface area contributed by atoms with Gasteiger partial charge in [-0.25, -0.2) is 23.1 Å². The molecule has 4 aromatic rings. The molecule has 0 radical (unpaired) electrons. The largest absolute Gasteiger partial charge is 0.475 e. The van der Waals surface area contributed by atoms with Crippen molar-refractivity contribution in [1.29, 1.82) is 0 Å². The number of alkyl halides is 1. The van der Waals surface area contributed by atoms with Crippen LogP contribution in [0.2, 0.25) is 0 Å². The first-order valence-electron chi connectivity index (χ1n) is 15.5. The van der Waals surface area contributed by atoms with Crippen molar-refractivity contribution in [3.63, 3.8) is 0 Å². The highest BCUT2D eigenvalue weighted by atomic mass is 19.1. The van der Waals surface area contributed by atoms with E-state index in [9.17, 15) is 8.78 Å². The SMILES string of the molecule is C#Cc1c(F)ccc2cc(N)nc(-c3nc4c5c(nc(OC[C@@]67CCCN6CC(F)C7)nc5c3F)N3CCCCC[C@H]3CO4)c12. The first-order valence-corrected chi connectivity index (χ1v) is 15.5. The number of aromatic nitrogens is 4. The molecular weight excluding hydrogens is 583 g/mol. The third-order valence-corrected chi connectivity index (χ3v) is 9.84. The molecule has 0 amide bonds. The number of hydrogen-bond donors (Lipinski definition) is 1. The summed E-state index contributed by atoms with van der Waals surface area (Å²) < 4.78 is 58.8. The van der Waals surface area contributed by atoms with E-state index in [4.69, 9.17) is 26.6 Å². The van der Waals surface area contributed by atoms with Crippen LogP contribution in [0.4, 0.5) is 24.8 Å². The molecule has 1 aromatic carbocycles. The molecule has 3 atom stereocenters. The Bertz CT molecular complexity index is 1900. The Hall–Kier alpha value is -4.37. The van der Waals surface area contributed by atoms with Gasteiger partial charge >= 0.3 is 6.01 Å². The third kappa shape index (κ3) is 4.50. The number of terminal acetylenes is 1. The lowest BCUT2D eigenvalue weighted by molar-refractivity contribution is 0.107. The lowest BCUT2D eigenvalue weighted by Gasteiger charge is -2.31. The van der Waals surface area contributed by atoms with Crippen LogP contribution in [0.25, 0.3) is 33.1 Å². The van der Waals surface area contributed by atoms with E-state index in [-0.39, 0.29) is 58.2 Å². The van der Waals surface area contributed by atoms with Crippen LogP contribution in [-0.4, -0.2) is 75.4 Å². The van der Waals surface area contributed by atoms with Gasteiger partial charge in [-0.3, -0.25) is 4.90 Å². The summed E-state index contributed by atoms with van der Waals surface area (Å²) >= 11 is 0. The van der Waals surface area contributed by atoms with Gasteiger partial charge in [0, 0.05) is 24.9 Å². The maximum Gasteiger partial charge on any atom is 0.319 e. The number of nitrogens with two attached hydrogens (primary N) is 1. The van der Waals surface area contributed by atoms with Crippen LogP contribution >= 0.6 is 0 Å². The molecule has 3 aromatic heterocycles. The third-order valence-electron chi connectivity index (χ3n) is 9.84. The lowest BCUT2D eigenvalue weighted by atomic mass is 9.95. The molecule has 4 aliphatic rings. The van der Waals surface area contributed by atoms with Gasteiger partial charge in [-0.2, -0.15) is 9.97 Å². The highest BCUT2D eigenvalue weighted by Crippen LogP contribution is 2.44. The van der Waals surface area contributed by atoms with E-state index in [1.54, 1.807) is 6.07 Å². The molecule has 232 valence electrons. The van der Waals surface area contributed by atoms with Crippen LogP contribution < -0.4 is 20.1 Å². The summed E-state index contributed by atoms with van der Waals surface area (Å²) in [6.07, 6.45) is 10.8. The lowest BCUT2D eigenvalue weighted by Crippen LogP contribution is -2.43. The molecule has 0 spiro atoms. The number of fused-ring (bicyclic) bond motifs is 4. The van der Waals surface area contributed by atoms with Gasteiger partial charge in [0.1, 0.15) is 59.1 Å². The number of pyridine rings is 2. The fraction of sp³-hybridized carbons (Fsp3) is 0.455. The van der Waals surface area contributed by atoms with Gasteiger partial charge < -0.3 is 20.1 Å². The Labute approximate surface area is 257 Å². The molecule has 3 fully saturated rings. The van der Waals surface area contributed by atoms with Gasteiger partial charge in [0.15, 0.2) is 5.82 Å². The highest BCUT2D eigenvalue weighted by molar-refractivity contribution is 6.03. The van der Waals surface area contributed by atoms with Crippen molar-refractivity contribution in [3.05, 3.63) is 35.4 Å². The van der Waals surface area contributed by atoms with Gasteiger partial charge in [0.2, 0.25) is 5.88 Å². The second-order valence-electron chi connectivity index (χ2n) is 12.6. The van der Waals surface area contributed by atoms with Gasteiger partial charge in [-0.15, -0.1) is 6.42 Å². The van der Waals surface area contributed by atoms with Crippen molar-refractivity contribution in [2.75, 3.05) is 43.5 Å². The zero-order valence-electron chi connectivity index (χ0n) is 24.7. The Morgan fingerprint density at radius 2 is 1.96 bits per heavy atom. The van der Waals surface area contributed by atoms with E-state index in [2.05, 4.69) is 30.7 Å². The summed E-state index contributed by atoms with van der Waals surface area (Å²) in [6.45, 7) is 2.40. The van der Waals surface area contributed by atoms with Crippen molar-refractivity contribution < 1.29 is 22.6 Å². The summed E-state index contributed by atoms with van der Waals surface area (Å²) in [5.74, 6) is 1.64. The molecule has 12 heteroatoms. The van der Waals surface area contributed by atoms with Gasteiger partial charge in [-0.05, 0) is 49.7 Å². The number of rotatable bonds is 4. The summed E-state index contributed by atoms with van der Waals surface area (Å²) in [7, 11) is 0. The van der Waals surface area contributed by atoms with E-state index in [1.165, 1.54) is 12.1 Å². The van der Waals surface area contributed by atoms with Crippen LogP contribution in [0.3, 0.4) is 0 Å². The van der Waals surface area contributed by atoms with Crippen LogP contribution in [0.1, 0.15) is 50.5 Å². The predicted octanol–water partition coefficient (Wildman–Crippen LogP) is 5.18. The number of ether oxygens (including phenoxy) is 2. The van der Waals surface area contributed by atoms with E-state index < -0.39 is 23.3 Å². The monoisotopic (exact) mass is 615 g/mol. The van der Waals surface area contributed by atoms with Crippen molar-refractivity contribution in [3.8, 4) is 35.6 Å². The fourth-order valence-corrected chi connectivity index (χ4v) is 7.75. The first-order chi connectivity index (χ1) is 21.8. The smallest absolute Gasteiger partial charge is 0.319 e. The molecule has 8 rings (SSSR count). The van der Waals surface area contributed by atoms with E-state index in [0.29, 0.717) is 42.7 Å². The van der Waals surface area contributed by atoms with Gasteiger partial charge in [0.05, 0.1) is 17.1 Å². The van der Waals surface area contributed by atoms with Gasteiger partial charge in [0.25, 0.3) is 0 Å². The van der Waals surface area contributed by atoms with Crippen LogP contribution in [0, 0.1) is 24.0 Å². The normalized spacial score (nSPS) is 24.5. The highest BCUT2D eigenvalue weighted by Gasteiger charge is 2.49. The molecule has 2 N–H and O–H groups in total. The first kappa shape index (κ1) is 28.1. The molecule has 45 heavy (non-hydrogen) atoms. The number of nitrogen functional groups attached to an aromatic ring is 1. The van der Waals surface area contributed by atoms with E-state index in [1.807, 2.05) is 0 Å². The second kappa shape index (κ2) is 10.6. The van der Waals surface area contributed by atoms with E-state index >= 15 is 4.39 Å². The van der Waals surface area contributed by atoms with Crippen LogP contribution in [-0.2, 0) is 0 Å². The molecule has 9 nitrogen and oxygen atoms in total. The summed E-state index contributed by atoms with van der Waals surface area (Å²) in [4.78, 5) is 22.7. The number of halogens is 3. The average Bonchev–Trinajstić information content (AvgIpc) is 3.38. The van der Waals surface area contributed by atoms with Crippen molar-refractivity contribution >= 4 is 33.3 Å². The molecule has 4 aliphatic heterocycles. The zero-order chi connectivity index (χ0) is 30.9. The topological polar surface area (TPSA) is 103 Å². The number of anilines is 2. The Kier molecular flexibility index (Phi) is 6.64. The van der Waals surface area contributed by atoms with Crippen LogP contribution in [0.5, 0.6) is 11.9 Å². The summed E-state index contributed by atoms with van der Waals surface area (Å²) in [5, 5.41) is 1.03. The van der Waals surface area contributed by atoms with Gasteiger partial charge in [-0.1, -0.05) is 24.8 Å². The fourth-order valence-electron chi connectivity index (χ4n) is 7.75. The number of nitrogens with zero attached hydrogens (tertiary/aromatic N) is 6. The Morgan fingerprint density at radius 3 is 2.82 bits per heavy atom. The molecule has 0 aliphatic carbocycles. The zero-order valence-corrected chi connectivity index (χ0v) is 24.7. The minimum Gasteiger partial charge on any atom is -0.475 e. The maximum atomic E-state index is 16.9. The molecule has 1 unspecified atom stereocenters. The average molecular weight is 616 g/mol. The Morgan fingerprint density at radius 1 is 1.07 bits per heavy atom. The number of hydrogen-bond acceptors (Lipinski definition) is 9. The van der Waals surface area contributed by atoms with Crippen LogP contribution in [0.15, 0.2) is 18.2 Å². The summed E-state index contributed by atoms with van der Waals surface area (Å²) in [5.41, 5.74) is 5.32. The predicted molar refractivity (Wildman–Crippen MR) is 164 cm³/mol. The Balaban J connectivity index is 1.33. The van der Waals surface area contributed by atoms with E-state index in [0.717, 1.165) is 45.1 Å². The minimum atomic E-state index is -0.918. The standard InChI is InChI=1S/C33H32F3N7O2/c1-2-21-22(35)9-8-18-13-23(37)38-28(24(18)21)29-26(36)27-25-30(43-12-5-3-4-7-20(43)16-44-31(25)39-29)41-32(40-27)45-17-33-10-6-11-42(33)15-19(34)14-33/h1,8-9,13,19-20H,3-7,10-12,14-17H2,(H2,37,38)/t19?,20-,33-/m0/s1. The molecule has 0 bridgehead atoms. The molecule has 7 heterocycles.